The second kappa shape index (κ2) is 6.05. The lowest BCUT2D eigenvalue weighted by Crippen LogP contribution is -2.54. The van der Waals surface area contributed by atoms with Crippen LogP contribution in [0.25, 0.3) is 0 Å². The number of benzene rings is 1. The summed E-state index contributed by atoms with van der Waals surface area (Å²) in [7, 11) is 2.31. The Morgan fingerprint density at radius 3 is 2.60 bits per heavy atom. The van der Waals surface area contributed by atoms with Crippen molar-refractivity contribution in [1.82, 2.24) is 10.2 Å². The van der Waals surface area contributed by atoms with Gasteiger partial charge in [0.2, 0.25) is 0 Å². The molecule has 1 aromatic carbocycles. The molecule has 0 aromatic heterocycles. The largest absolute Gasteiger partial charge is 0.310 e. The fourth-order valence-corrected chi connectivity index (χ4v) is 4.13. The molecular formula is C17H25ClN2. The van der Waals surface area contributed by atoms with E-state index in [0.717, 1.165) is 23.7 Å². The van der Waals surface area contributed by atoms with Gasteiger partial charge in [0.15, 0.2) is 0 Å². The predicted octanol–water partition coefficient (Wildman–Crippen LogP) is 3.75. The van der Waals surface area contributed by atoms with Crippen LogP contribution >= 0.6 is 11.6 Å². The van der Waals surface area contributed by atoms with Gasteiger partial charge in [-0.3, -0.25) is 0 Å². The highest BCUT2D eigenvalue weighted by Gasteiger charge is 2.35. The smallest absolute Gasteiger partial charge is 0.0453 e. The zero-order valence-corrected chi connectivity index (χ0v) is 13.3. The van der Waals surface area contributed by atoms with Crippen LogP contribution in [0.1, 0.15) is 43.2 Å². The summed E-state index contributed by atoms with van der Waals surface area (Å²) in [5.74, 6) is 0. The molecule has 1 aromatic rings. The van der Waals surface area contributed by atoms with E-state index in [-0.39, 0.29) is 0 Å². The SMILES string of the molecule is Cc1ccc(CNC2CC3CCCC(C2)N3C)c(Cl)c1. The standard InChI is InChI=1S/C17H25ClN2/c1-12-6-7-13(17(18)8-12)11-19-14-9-15-4-3-5-16(10-14)20(15)2/h6-8,14-16,19H,3-5,9-11H2,1-2H3. The Morgan fingerprint density at radius 2 is 1.95 bits per heavy atom. The molecule has 1 N–H and O–H groups in total. The Hall–Kier alpha value is -0.570. The normalized spacial score (nSPS) is 30.4. The van der Waals surface area contributed by atoms with Crippen molar-refractivity contribution < 1.29 is 0 Å². The molecule has 2 atom stereocenters. The molecule has 0 radical (unpaired) electrons. The number of fused-ring (bicyclic) bond motifs is 2. The summed E-state index contributed by atoms with van der Waals surface area (Å²) in [6.07, 6.45) is 6.73. The molecule has 0 saturated carbocycles. The summed E-state index contributed by atoms with van der Waals surface area (Å²) in [5.41, 5.74) is 2.45. The van der Waals surface area contributed by atoms with E-state index in [1.807, 2.05) is 0 Å². The first kappa shape index (κ1) is 14.4. The fourth-order valence-electron chi connectivity index (χ4n) is 3.83. The van der Waals surface area contributed by atoms with Gasteiger partial charge in [0.05, 0.1) is 0 Å². The second-order valence-electron chi connectivity index (χ2n) is 6.55. The van der Waals surface area contributed by atoms with E-state index >= 15 is 0 Å². The summed E-state index contributed by atoms with van der Waals surface area (Å²) in [6.45, 7) is 2.98. The van der Waals surface area contributed by atoms with Gasteiger partial charge in [-0.05, 0) is 56.8 Å². The molecule has 2 bridgehead atoms. The molecule has 3 heteroatoms. The van der Waals surface area contributed by atoms with Crippen molar-refractivity contribution in [3.63, 3.8) is 0 Å². The lowest BCUT2D eigenvalue weighted by atomic mass is 9.82. The van der Waals surface area contributed by atoms with E-state index < -0.39 is 0 Å². The highest BCUT2D eigenvalue weighted by atomic mass is 35.5. The van der Waals surface area contributed by atoms with Crippen molar-refractivity contribution in [2.45, 2.75) is 63.7 Å². The van der Waals surface area contributed by atoms with E-state index in [2.05, 4.69) is 42.4 Å². The molecule has 0 spiro atoms. The summed E-state index contributed by atoms with van der Waals surface area (Å²) in [6, 6.07) is 8.58. The molecule has 0 aliphatic carbocycles. The molecule has 20 heavy (non-hydrogen) atoms. The number of hydrogen-bond acceptors (Lipinski definition) is 2. The zero-order chi connectivity index (χ0) is 14.1. The number of nitrogens with zero attached hydrogens (tertiary/aromatic N) is 1. The fraction of sp³-hybridized carbons (Fsp3) is 0.647. The molecule has 3 rings (SSSR count). The Morgan fingerprint density at radius 1 is 1.25 bits per heavy atom. The minimum atomic E-state index is 0.652. The molecule has 0 amide bonds. The monoisotopic (exact) mass is 292 g/mol. The first-order valence-electron chi connectivity index (χ1n) is 7.84. The van der Waals surface area contributed by atoms with Crippen LogP contribution in [0.5, 0.6) is 0 Å². The van der Waals surface area contributed by atoms with Gasteiger partial charge >= 0.3 is 0 Å². The van der Waals surface area contributed by atoms with Gasteiger partial charge in [0.1, 0.15) is 0 Å². The first-order chi connectivity index (χ1) is 9.63. The van der Waals surface area contributed by atoms with Gasteiger partial charge < -0.3 is 10.2 Å². The Labute approximate surface area is 127 Å². The molecule has 2 aliphatic rings. The van der Waals surface area contributed by atoms with Crippen LogP contribution in [-0.2, 0) is 6.54 Å². The number of halogens is 1. The van der Waals surface area contributed by atoms with E-state index in [0.29, 0.717) is 6.04 Å². The molecule has 2 fully saturated rings. The Kier molecular flexibility index (Phi) is 4.34. The highest BCUT2D eigenvalue weighted by molar-refractivity contribution is 6.31. The van der Waals surface area contributed by atoms with Crippen molar-refractivity contribution in [1.29, 1.82) is 0 Å². The van der Waals surface area contributed by atoms with Crippen LogP contribution in [0.2, 0.25) is 5.02 Å². The topological polar surface area (TPSA) is 15.3 Å². The molecule has 110 valence electrons. The average molecular weight is 293 g/mol. The van der Waals surface area contributed by atoms with Crippen LogP contribution in [0.15, 0.2) is 18.2 Å². The van der Waals surface area contributed by atoms with Gasteiger partial charge in [-0.15, -0.1) is 0 Å². The van der Waals surface area contributed by atoms with Crippen LogP contribution in [0.4, 0.5) is 0 Å². The molecule has 2 nitrogen and oxygen atoms in total. The summed E-state index contributed by atoms with van der Waals surface area (Å²) in [4.78, 5) is 2.61. The maximum Gasteiger partial charge on any atom is 0.0453 e. The number of hydrogen-bond donors (Lipinski definition) is 1. The van der Waals surface area contributed by atoms with Gasteiger partial charge in [0.25, 0.3) is 0 Å². The lowest BCUT2D eigenvalue weighted by molar-refractivity contribution is 0.0482. The van der Waals surface area contributed by atoms with Crippen LogP contribution < -0.4 is 5.32 Å². The number of nitrogens with one attached hydrogen (secondary N) is 1. The van der Waals surface area contributed by atoms with E-state index in [1.54, 1.807) is 0 Å². The van der Waals surface area contributed by atoms with E-state index in [4.69, 9.17) is 11.6 Å². The number of piperidine rings is 2. The third kappa shape index (κ3) is 3.03. The van der Waals surface area contributed by atoms with Gasteiger partial charge in [-0.25, -0.2) is 0 Å². The number of rotatable bonds is 3. The molecule has 2 aliphatic heterocycles. The van der Waals surface area contributed by atoms with Crippen LogP contribution in [-0.4, -0.2) is 30.1 Å². The summed E-state index contributed by atoms with van der Waals surface area (Å²) >= 11 is 6.32. The first-order valence-corrected chi connectivity index (χ1v) is 8.21. The molecule has 2 unspecified atom stereocenters. The highest BCUT2D eigenvalue weighted by Crippen LogP contribution is 2.32. The zero-order valence-electron chi connectivity index (χ0n) is 12.5. The molecular weight excluding hydrogens is 268 g/mol. The number of aryl methyl sites for hydroxylation is 1. The average Bonchev–Trinajstić information content (AvgIpc) is 2.38. The summed E-state index contributed by atoms with van der Waals surface area (Å²) in [5, 5.41) is 4.63. The van der Waals surface area contributed by atoms with E-state index in [9.17, 15) is 0 Å². The molecule has 2 heterocycles. The maximum atomic E-state index is 6.32. The quantitative estimate of drug-likeness (QED) is 0.913. The Bertz CT molecular complexity index is 460. The summed E-state index contributed by atoms with van der Waals surface area (Å²) < 4.78 is 0. The third-order valence-electron chi connectivity index (χ3n) is 5.13. The minimum absolute atomic E-state index is 0.652. The Balaban J connectivity index is 1.59. The minimum Gasteiger partial charge on any atom is -0.310 e. The van der Waals surface area contributed by atoms with Crippen LogP contribution in [0.3, 0.4) is 0 Å². The molecule has 2 saturated heterocycles. The van der Waals surface area contributed by atoms with Crippen molar-refractivity contribution >= 4 is 11.6 Å². The van der Waals surface area contributed by atoms with Gasteiger partial charge in [-0.1, -0.05) is 30.2 Å². The predicted molar refractivity (Wildman–Crippen MR) is 85.2 cm³/mol. The van der Waals surface area contributed by atoms with Crippen LogP contribution in [0, 0.1) is 6.92 Å². The van der Waals surface area contributed by atoms with Gasteiger partial charge in [-0.2, -0.15) is 0 Å². The van der Waals surface area contributed by atoms with Crippen molar-refractivity contribution in [2.75, 3.05) is 7.05 Å². The second-order valence-corrected chi connectivity index (χ2v) is 6.96. The van der Waals surface area contributed by atoms with Gasteiger partial charge in [0, 0.05) is 29.7 Å². The van der Waals surface area contributed by atoms with Crippen molar-refractivity contribution in [3.05, 3.63) is 34.3 Å². The lowest BCUT2D eigenvalue weighted by Gasteiger charge is -2.47. The van der Waals surface area contributed by atoms with E-state index in [1.165, 1.54) is 43.2 Å². The van der Waals surface area contributed by atoms with Crippen molar-refractivity contribution in [2.24, 2.45) is 0 Å². The maximum absolute atomic E-state index is 6.32. The van der Waals surface area contributed by atoms with Crippen molar-refractivity contribution in [3.8, 4) is 0 Å². The third-order valence-corrected chi connectivity index (χ3v) is 5.48.